The van der Waals surface area contributed by atoms with E-state index >= 15 is 0 Å². The van der Waals surface area contributed by atoms with E-state index in [1.165, 1.54) is 0 Å². The molecular formula is C11H13NO2. The van der Waals surface area contributed by atoms with Gasteiger partial charge in [0.1, 0.15) is 0 Å². The number of allylic oxidation sites excluding steroid dienone is 6. The molecule has 0 unspecified atom stereocenters. The maximum atomic E-state index is 10.8. The van der Waals surface area contributed by atoms with Crippen LogP contribution in [0.1, 0.15) is 0 Å². The van der Waals surface area contributed by atoms with E-state index in [0.717, 1.165) is 37.4 Å². The van der Waals surface area contributed by atoms with Crippen molar-refractivity contribution < 1.29 is 9.53 Å². The number of Topliss-reactive ketones (excluding diaryl/α,β-unsaturated/α-hetero) is 1. The van der Waals surface area contributed by atoms with Crippen molar-refractivity contribution >= 4 is 5.78 Å². The third-order valence-corrected chi connectivity index (χ3v) is 2.26. The van der Waals surface area contributed by atoms with Gasteiger partial charge in [0.05, 0.1) is 13.2 Å². The third-order valence-electron chi connectivity index (χ3n) is 2.26. The molecule has 1 aliphatic heterocycles. The lowest BCUT2D eigenvalue weighted by Gasteiger charge is -2.10. The van der Waals surface area contributed by atoms with E-state index in [9.17, 15) is 4.79 Å². The molecule has 0 saturated carbocycles. The van der Waals surface area contributed by atoms with Gasteiger partial charge in [0, 0.05) is 24.2 Å². The lowest BCUT2D eigenvalue weighted by molar-refractivity contribution is -0.111. The number of ketones is 1. The second kappa shape index (κ2) is 4.35. The minimum absolute atomic E-state index is 0.185. The van der Waals surface area contributed by atoms with Crippen LogP contribution in [0.5, 0.6) is 0 Å². The van der Waals surface area contributed by atoms with Gasteiger partial charge in [0.15, 0.2) is 5.78 Å². The van der Waals surface area contributed by atoms with Crippen LogP contribution in [-0.2, 0) is 9.53 Å². The Morgan fingerprint density at radius 3 is 1.79 bits per heavy atom. The van der Waals surface area contributed by atoms with Gasteiger partial charge in [-0.2, -0.15) is 0 Å². The van der Waals surface area contributed by atoms with Crippen LogP contribution in [0.25, 0.3) is 0 Å². The van der Waals surface area contributed by atoms with Crippen LogP contribution in [0.3, 0.4) is 0 Å². The number of hydrogen-bond acceptors (Lipinski definition) is 3. The summed E-state index contributed by atoms with van der Waals surface area (Å²) in [5.74, 6) is 0.185. The summed E-state index contributed by atoms with van der Waals surface area (Å²) >= 11 is 0. The molecule has 0 aromatic rings. The molecule has 3 aliphatic rings. The zero-order chi connectivity index (χ0) is 9.80. The second-order valence-corrected chi connectivity index (χ2v) is 3.27. The Hall–Kier alpha value is -1.19. The quantitative estimate of drug-likeness (QED) is 0.609. The fourth-order valence-electron chi connectivity index (χ4n) is 1.46. The fraction of sp³-hybridized carbons (Fsp3) is 0.364. The molecule has 14 heavy (non-hydrogen) atoms. The minimum atomic E-state index is 0.185. The van der Waals surface area contributed by atoms with Gasteiger partial charge in [-0.25, -0.2) is 0 Å². The minimum Gasteiger partial charge on any atom is -0.379 e. The number of ether oxygens (including phenoxy) is 1. The molecule has 3 rings (SSSR count). The van der Waals surface area contributed by atoms with Crippen molar-refractivity contribution in [2.75, 3.05) is 26.3 Å². The van der Waals surface area contributed by atoms with Crippen molar-refractivity contribution in [3.05, 3.63) is 35.5 Å². The van der Waals surface area contributed by atoms with Crippen LogP contribution in [0.4, 0.5) is 0 Å². The second-order valence-electron chi connectivity index (χ2n) is 3.27. The Labute approximate surface area is 83.1 Å². The molecule has 1 N–H and O–H groups in total. The van der Waals surface area contributed by atoms with Crippen molar-refractivity contribution in [1.82, 2.24) is 5.32 Å². The Bertz CT molecular complexity index is 287. The lowest BCUT2D eigenvalue weighted by atomic mass is 10.2. The first-order chi connectivity index (χ1) is 6.88. The van der Waals surface area contributed by atoms with E-state index in [4.69, 9.17) is 4.74 Å². The van der Waals surface area contributed by atoms with Gasteiger partial charge >= 0.3 is 0 Å². The molecule has 2 bridgehead atoms. The molecule has 3 nitrogen and oxygen atoms in total. The zero-order valence-corrected chi connectivity index (χ0v) is 7.95. The topological polar surface area (TPSA) is 38.3 Å². The summed E-state index contributed by atoms with van der Waals surface area (Å²) in [5, 5.41) is 3.16. The van der Waals surface area contributed by atoms with Crippen LogP contribution in [0.2, 0.25) is 0 Å². The van der Waals surface area contributed by atoms with Gasteiger partial charge in [-0.3, -0.25) is 4.79 Å². The fourth-order valence-corrected chi connectivity index (χ4v) is 1.46. The van der Waals surface area contributed by atoms with Crippen LogP contribution in [0.15, 0.2) is 35.5 Å². The Balaban J connectivity index is 0.000000112. The van der Waals surface area contributed by atoms with E-state index in [1.807, 2.05) is 24.3 Å². The van der Waals surface area contributed by atoms with Crippen molar-refractivity contribution in [2.45, 2.75) is 0 Å². The van der Waals surface area contributed by atoms with Crippen LogP contribution < -0.4 is 5.32 Å². The van der Waals surface area contributed by atoms with Crippen LogP contribution >= 0.6 is 0 Å². The molecule has 1 saturated heterocycles. The zero-order valence-electron chi connectivity index (χ0n) is 7.95. The maximum Gasteiger partial charge on any atom is 0.193 e. The van der Waals surface area contributed by atoms with E-state index in [2.05, 4.69) is 5.32 Å². The van der Waals surface area contributed by atoms with Crippen molar-refractivity contribution in [3.63, 3.8) is 0 Å². The predicted molar refractivity (Wildman–Crippen MR) is 54.0 cm³/mol. The van der Waals surface area contributed by atoms with E-state index in [1.54, 1.807) is 0 Å². The number of fused-ring (bicyclic) bond motifs is 2. The molecule has 0 atom stereocenters. The SMILES string of the molecule is C1COCCN1.O=C1C2=CC=C1C=C2. The van der Waals surface area contributed by atoms with Crippen molar-refractivity contribution in [1.29, 1.82) is 0 Å². The first-order valence-corrected chi connectivity index (χ1v) is 4.81. The summed E-state index contributed by atoms with van der Waals surface area (Å²) in [6.45, 7) is 3.83. The monoisotopic (exact) mass is 191 g/mol. The van der Waals surface area contributed by atoms with Crippen molar-refractivity contribution in [2.24, 2.45) is 0 Å². The number of hydrogen-bond donors (Lipinski definition) is 1. The number of carbonyl (C=O) groups excluding carboxylic acids is 1. The average Bonchev–Trinajstić information content (AvgIpc) is 2.80. The predicted octanol–water partition coefficient (Wildman–Crippen LogP) is 0.598. The molecule has 2 aliphatic carbocycles. The smallest absolute Gasteiger partial charge is 0.193 e. The lowest BCUT2D eigenvalue weighted by Crippen LogP contribution is -2.30. The summed E-state index contributed by atoms with van der Waals surface area (Å²) < 4.78 is 5.01. The highest BCUT2D eigenvalue weighted by atomic mass is 16.5. The van der Waals surface area contributed by atoms with E-state index in [0.29, 0.717) is 0 Å². The van der Waals surface area contributed by atoms with E-state index < -0.39 is 0 Å². The summed E-state index contributed by atoms with van der Waals surface area (Å²) in [6.07, 6.45) is 7.38. The van der Waals surface area contributed by atoms with Crippen molar-refractivity contribution in [3.8, 4) is 0 Å². The molecule has 0 spiro atoms. The molecule has 74 valence electrons. The number of nitrogens with one attached hydrogen (secondary N) is 1. The summed E-state index contributed by atoms with van der Waals surface area (Å²) in [7, 11) is 0. The molecule has 3 heteroatoms. The van der Waals surface area contributed by atoms with E-state index in [-0.39, 0.29) is 5.78 Å². The summed E-state index contributed by atoms with van der Waals surface area (Å²) in [5.41, 5.74) is 1.67. The normalized spacial score (nSPS) is 22.7. The molecule has 0 aromatic heterocycles. The van der Waals surface area contributed by atoms with Gasteiger partial charge < -0.3 is 10.1 Å². The first kappa shape index (κ1) is 9.37. The van der Waals surface area contributed by atoms with Gasteiger partial charge in [0.25, 0.3) is 0 Å². The Kier molecular flexibility index (Phi) is 2.91. The highest BCUT2D eigenvalue weighted by Crippen LogP contribution is 2.23. The Morgan fingerprint density at radius 2 is 1.64 bits per heavy atom. The maximum absolute atomic E-state index is 10.8. The van der Waals surface area contributed by atoms with Gasteiger partial charge in [0.2, 0.25) is 0 Å². The summed E-state index contributed by atoms with van der Waals surface area (Å²) in [4.78, 5) is 10.8. The standard InChI is InChI=1S/C7H4O.C4H9NO/c8-7-5-1-2-6(7)4-3-5;1-3-6-4-2-5-1/h1-4H;5H,1-4H2. The van der Waals surface area contributed by atoms with Crippen LogP contribution in [-0.4, -0.2) is 32.1 Å². The molecular weight excluding hydrogens is 178 g/mol. The highest BCUT2D eigenvalue weighted by Gasteiger charge is 2.19. The molecule has 1 heterocycles. The highest BCUT2D eigenvalue weighted by molar-refractivity contribution is 6.17. The third kappa shape index (κ3) is 2.00. The molecule has 0 radical (unpaired) electrons. The molecule has 0 aromatic carbocycles. The van der Waals surface area contributed by atoms with Gasteiger partial charge in [-0.15, -0.1) is 0 Å². The molecule has 0 amide bonds. The van der Waals surface area contributed by atoms with Crippen LogP contribution in [0, 0.1) is 0 Å². The van der Waals surface area contributed by atoms with Gasteiger partial charge in [-0.05, 0) is 0 Å². The first-order valence-electron chi connectivity index (χ1n) is 4.81. The Morgan fingerprint density at radius 1 is 1.07 bits per heavy atom. The summed E-state index contributed by atoms with van der Waals surface area (Å²) in [6, 6.07) is 0. The average molecular weight is 191 g/mol. The number of carbonyl (C=O) groups is 1. The largest absolute Gasteiger partial charge is 0.379 e. The number of rotatable bonds is 0. The molecule has 1 fully saturated rings. The number of morpholine rings is 1. The van der Waals surface area contributed by atoms with Gasteiger partial charge in [-0.1, -0.05) is 24.3 Å².